The van der Waals surface area contributed by atoms with Crippen LogP contribution in [0.5, 0.6) is 5.75 Å². The third kappa shape index (κ3) is 4.67. The van der Waals surface area contributed by atoms with E-state index >= 15 is 0 Å². The lowest BCUT2D eigenvalue weighted by atomic mass is 10.3. The molecule has 0 unspecified atom stereocenters. The highest BCUT2D eigenvalue weighted by atomic mass is 16.5. The summed E-state index contributed by atoms with van der Waals surface area (Å²) in [6.07, 6.45) is 2.66. The van der Waals surface area contributed by atoms with Crippen LogP contribution in [0.2, 0.25) is 0 Å². The lowest BCUT2D eigenvalue weighted by Gasteiger charge is -2.15. The summed E-state index contributed by atoms with van der Waals surface area (Å²) >= 11 is 0. The van der Waals surface area contributed by atoms with Crippen molar-refractivity contribution in [3.05, 3.63) is 48.4 Å². The van der Waals surface area contributed by atoms with Gasteiger partial charge in [-0.05, 0) is 37.7 Å². The number of nitrogens with two attached hydrogens (primary N) is 1. The van der Waals surface area contributed by atoms with Gasteiger partial charge in [0.2, 0.25) is 0 Å². The van der Waals surface area contributed by atoms with Gasteiger partial charge in [0.15, 0.2) is 0 Å². The lowest BCUT2D eigenvalue weighted by molar-refractivity contribution is 0.247. The van der Waals surface area contributed by atoms with Crippen molar-refractivity contribution in [1.29, 1.82) is 0 Å². The Bertz CT molecular complexity index is 483. The van der Waals surface area contributed by atoms with E-state index in [-0.39, 0.29) is 0 Å². The van der Waals surface area contributed by atoms with Crippen LogP contribution in [-0.2, 0) is 6.54 Å². The van der Waals surface area contributed by atoms with Gasteiger partial charge in [-0.25, -0.2) is 0 Å². The summed E-state index contributed by atoms with van der Waals surface area (Å²) in [5.74, 6) is 1.81. The molecule has 4 nitrogen and oxygen atoms in total. The first kappa shape index (κ1) is 13.5. The van der Waals surface area contributed by atoms with Crippen LogP contribution < -0.4 is 10.5 Å². The van der Waals surface area contributed by atoms with Gasteiger partial charge in [0.25, 0.3) is 0 Å². The number of anilines is 1. The third-order valence-electron chi connectivity index (χ3n) is 2.82. The molecule has 0 saturated heterocycles. The van der Waals surface area contributed by atoms with Crippen LogP contribution >= 0.6 is 0 Å². The van der Waals surface area contributed by atoms with Crippen LogP contribution in [-0.4, -0.2) is 25.1 Å². The fraction of sp³-hybridized carbons (Fsp3) is 0.333. The molecule has 1 aromatic heterocycles. The largest absolute Gasteiger partial charge is 0.493 e. The van der Waals surface area contributed by atoms with E-state index in [0.717, 1.165) is 36.7 Å². The molecule has 19 heavy (non-hydrogen) atoms. The highest BCUT2D eigenvalue weighted by Gasteiger charge is 2.02. The van der Waals surface area contributed by atoms with E-state index < -0.39 is 0 Å². The molecule has 102 valence electrons. The maximum atomic E-state index is 5.69. The Hall–Kier alpha value is -1.94. The summed E-state index contributed by atoms with van der Waals surface area (Å²) in [5, 5.41) is 0. The van der Waals surface area contributed by atoms with Crippen LogP contribution in [0.3, 0.4) is 0 Å². The molecule has 1 aromatic carbocycles. The smallest absolute Gasteiger partial charge is 0.121 e. The molecule has 0 amide bonds. The number of hydrogen-bond acceptors (Lipinski definition) is 4. The Balaban J connectivity index is 1.64. The first-order valence-electron chi connectivity index (χ1n) is 6.43. The zero-order valence-corrected chi connectivity index (χ0v) is 11.2. The van der Waals surface area contributed by atoms with Crippen molar-refractivity contribution in [3.63, 3.8) is 0 Å². The summed E-state index contributed by atoms with van der Waals surface area (Å²) in [6.45, 7) is 2.47. The summed E-state index contributed by atoms with van der Waals surface area (Å²) in [5.41, 5.74) is 6.42. The molecule has 2 aromatic rings. The highest BCUT2D eigenvalue weighted by Crippen LogP contribution is 2.14. The molecule has 0 fully saturated rings. The van der Waals surface area contributed by atoms with E-state index in [1.807, 2.05) is 36.4 Å². The number of rotatable bonds is 7. The normalized spacial score (nSPS) is 10.8. The van der Waals surface area contributed by atoms with Crippen LogP contribution in [0.4, 0.5) is 5.69 Å². The summed E-state index contributed by atoms with van der Waals surface area (Å²) in [4.78, 5) is 2.21. The quantitative estimate of drug-likeness (QED) is 0.614. The molecule has 0 bridgehead atoms. The fourth-order valence-corrected chi connectivity index (χ4v) is 1.88. The molecular formula is C15H20N2O2. The fourth-order valence-electron chi connectivity index (χ4n) is 1.88. The first-order chi connectivity index (χ1) is 9.24. The molecule has 0 spiro atoms. The molecule has 4 heteroatoms. The SMILES string of the molecule is CN(CCCOc1cccc(N)c1)Cc1ccco1. The molecule has 0 radical (unpaired) electrons. The van der Waals surface area contributed by atoms with Crippen LogP contribution in [0.1, 0.15) is 12.2 Å². The van der Waals surface area contributed by atoms with Gasteiger partial charge in [0.1, 0.15) is 11.5 Å². The Morgan fingerprint density at radius 1 is 1.26 bits per heavy atom. The number of ether oxygens (including phenoxy) is 1. The van der Waals surface area contributed by atoms with Crippen molar-refractivity contribution < 1.29 is 9.15 Å². The average molecular weight is 260 g/mol. The van der Waals surface area contributed by atoms with Gasteiger partial charge in [0.05, 0.1) is 19.4 Å². The highest BCUT2D eigenvalue weighted by molar-refractivity contribution is 5.43. The minimum Gasteiger partial charge on any atom is -0.493 e. The second kappa shape index (κ2) is 6.85. The standard InChI is InChI=1S/C15H20N2O2/c1-17(12-15-7-3-9-19-15)8-4-10-18-14-6-2-5-13(16)11-14/h2-3,5-7,9,11H,4,8,10,12,16H2,1H3. The lowest BCUT2D eigenvalue weighted by Crippen LogP contribution is -2.20. The molecule has 0 aliphatic carbocycles. The number of nitrogen functional groups attached to an aromatic ring is 1. The second-order valence-electron chi connectivity index (χ2n) is 4.59. The molecule has 2 rings (SSSR count). The number of nitrogens with zero attached hydrogens (tertiary/aromatic N) is 1. The number of hydrogen-bond donors (Lipinski definition) is 1. The van der Waals surface area contributed by atoms with E-state index in [1.54, 1.807) is 6.26 Å². The van der Waals surface area contributed by atoms with Gasteiger partial charge in [-0.2, -0.15) is 0 Å². The van der Waals surface area contributed by atoms with E-state index in [0.29, 0.717) is 6.61 Å². The Morgan fingerprint density at radius 3 is 2.89 bits per heavy atom. The molecule has 0 aliphatic rings. The minimum atomic E-state index is 0.686. The first-order valence-corrected chi connectivity index (χ1v) is 6.43. The number of furan rings is 1. The Kier molecular flexibility index (Phi) is 4.86. The van der Waals surface area contributed by atoms with E-state index in [1.165, 1.54) is 0 Å². The zero-order valence-electron chi connectivity index (χ0n) is 11.2. The van der Waals surface area contributed by atoms with Crippen molar-refractivity contribution in [2.45, 2.75) is 13.0 Å². The van der Waals surface area contributed by atoms with Crippen molar-refractivity contribution >= 4 is 5.69 Å². The predicted molar refractivity (Wildman–Crippen MR) is 76.0 cm³/mol. The van der Waals surface area contributed by atoms with E-state index in [4.69, 9.17) is 14.9 Å². The molecule has 2 N–H and O–H groups in total. The summed E-state index contributed by atoms with van der Waals surface area (Å²) < 4.78 is 10.9. The maximum absolute atomic E-state index is 5.69. The predicted octanol–water partition coefficient (Wildman–Crippen LogP) is 2.76. The van der Waals surface area contributed by atoms with Crippen molar-refractivity contribution in [2.75, 3.05) is 25.9 Å². The van der Waals surface area contributed by atoms with Crippen molar-refractivity contribution in [2.24, 2.45) is 0 Å². The van der Waals surface area contributed by atoms with Crippen molar-refractivity contribution in [1.82, 2.24) is 4.90 Å². The van der Waals surface area contributed by atoms with E-state index in [9.17, 15) is 0 Å². The second-order valence-corrected chi connectivity index (χ2v) is 4.59. The maximum Gasteiger partial charge on any atom is 0.121 e. The van der Waals surface area contributed by atoms with Gasteiger partial charge in [0, 0.05) is 18.3 Å². The Labute approximate surface area is 113 Å². The van der Waals surface area contributed by atoms with Gasteiger partial charge < -0.3 is 14.9 Å². The molecule has 1 heterocycles. The molecular weight excluding hydrogens is 240 g/mol. The Morgan fingerprint density at radius 2 is 2.16 bits per heavy atom. The third-order valence-corrected chi connectivity index (χ3v) is 2.82. The van der Waals surface area contributed by atoms with E-state index in [2.05, 4.69) is 11.9 Å². The molecule has 0 saturated carbocycles. The minimum absolute atomic E-state index is 0.686. The van der Waals surface area contributed by atoms with Gasteiger partial charge in [-0.3, -0.25) is 4.90 Å². The molecule has 0 atom stereocenters. The average Bonchev–Trinajstić information content (AvgIpc) is 2.87. The summed E-state index contributed by atoms with van der Waals surface area (Å²) in [6, 6.07) is 11.4. The number of benzene rings is 1. The molecule has 0 aliphatic heterocycles. The van der Waals surface area contributed by atoms with Crippen molar-refractivity contribution in [3.8, 4) is 5.75 Å². The monoisotopic (exact) mass is 260 g/mol. The van der Waals surface area contributed by atoms with Crippen LogP contribution in [0.15, 0.2) is 47.1 Å². The van der Waals surface area contributed by atoms with Gasteiger partial charge in [-0.15, -0.1) is 0 Å². The van der Waals surface area contributed by atoms with Gasteiger partial charge >= 0.3 is 0 Å². The van der Waals surface area contributed by atoms with Crippen LogP contribution in [0, 0.1) is 0 Å². The topological polar surface area (TPSA) is 51.6 Å². The summed E-state index contributed by atoms with van der Waals surface area (Å²) in [7, 11) is 2.07. The van der Waals surface area contributed by atoms with Gasteiger partial charge in [-0.1, -0.05) is 6.07 Å². The zero-order chi connectivity index (χ0) is 13.5. The van der Waals surface area contributed by atoms with Crippen LogP contribution in [0.25, 0.3) is 0 Å².